The van der Waals surface area contributed by atoms with Crippen LogP contribution in [0.2, 0.25) is 0 Å². The molecular formula is C23H22N2O2. The van der Waals surface area contributed by atoms with Crippen LogP contribution in [0.15, 0.2) is 66.7 Å². The average Bonchev–Trinajstić information content (AvgIpc) is 3.38. The normalized spacial score (nSPS) is 27.4. The number of amides is 2. The summed E-state index contributed by atoms with van der Waals surface area (Å²) in [4.78, 5) is 29.6. The number of hydrogen-bond donors (Lipinski definition) is 0. The predicted molar refractivity (Wildman–Crippen MR) is 103 cm³/mol. The fourth-order valence-electron chi connectivity index (χ4n) is 4.98. The van der Waals surface area contributed by atoms with Crippen LogP contribution in [0.4, 0.5) is 0 Å². The lowest BCUT2D eigenvalue weighted by Gasteiger charge is -2.39. The van der Waals surface area contributed by atoms with Gasteiger partial charge in [-0.3, -0.25) is 19.4 Å². The molecule has 4 atom stereocenters. The predicted octanol–water partition coefficient (Wildman–Crippen LogP) is 3.67. The van der Waals surface area contributed by atoms with Crippen LogP contribution in [0.1, 0.15) is 45.7 Å². The Labute approximate surface area is 159 Å². The van der Waals surface area contributed by atoms with Crippen molar-refractivity contribution in [3.05, 3.63) is 83.4 Å². The van der Waals surface area contributed by atoms with Gasteiger partial charge in [0.05, 0.1) is 11.1 Å². The molecule has 0 aromatic heterocycles. The Hall–Kier alpha value is -2.72. The molecule has 3 aliphatic rings. The van der Waals surface area contributed by atoms with Gasteiger partial charge in [-0.1, -0.05) is 54.6 Å². The quantitative estimate of drug-likeness (QED) is 0.618. The molecule has 2 aliphatic heterocycles. The number of carbonyl (C=O) groups is 2. The molecule has 4 nitrogen and oxygen atoms in total. The Balaban J connectivity index is 1.44. The van der Waals surface area contributed by atoms with Gasteiger partial charge in [0.1, 0.15) is 0 Å². The molecule has 1 aliphatic carbocycles. The maximum absolute atomic E-state index is 12.8. The molecule has 0 unspecified atom stereocenters. The lowest BCUT2D eigenvalue weighted by Crippen LogP contribution is -2.48. The van der Waals surface area contributed by atoms with E-state index in [1.807, 2.05) is 18.2 Å². The molecule has 2 aromatic carbocycles. The van der Waals surface area contributed by atoms with Gasteiger partial charge in [0.15, 0.2) is 0 Å². The molecule has 1 saturated heterocycles. The maximum Gasteiger partial charge on any atom is 0.261 e. The van der Waals surface area contributed by atoms with Crippen molar-refractivity contribution in [2.75, 3.05) is 6.54 Å². The van der Waals surface area contributed by atoms with Crippen LogP contribution in [0, 0.1) is 5.92 Å². The zero-order valence-corrected chi connectivity index (χ0v) is 15.3. The van der Waals surface area contributed by atoms with Gasteiger partial charge in [-0.15, -0.1) is 0 Å². The van der Waals surface area contributed by atoms with Crippen molar-refractivity contribution in [3.8, 4) is 0 Å². The van der Waals surface area contributed by atoms with E-state index in [-0.39, 0.29) is 23.9 Å². The Morgan fingerprint density at radius 2 is 1.56 bits per heavy atom. The zero-order chi connectivity index (χ0) is 18.5. The van der Waals surface area contributed by atoms with Gasteiger partial charge in [-0.05, 0) is 37.0 Å². The first-order valence-corrected chi connectivity index (χ1v) is 9.61. The van der Waals surface area contributed by atoms with Crippen molar-refractivity contribution < 1.29 is 9.59 Å². The molecule has 1 fully saturated rings. The number of rotatable bonds is 4. The molecular weight excluding hydrogens is 336 g/mol. The van der Waals surface area contributed by atoms with Crippen LogP contribution in [-0.2, 0) is 0 Å². The third kappa shape index (κ3) is 2.47. The molecule has 2 amide bonds. The van der Waals surface area contributed by atoms with E-state index < -0.39 is 0 Å². The third-order valence-corrected chi connectivity index (χ3v) is 6.33. The van der Waals surface area contributed by atoms with Crippen LogP contribution in [0.5, 0.6) is 0 Å². The number of fused-ring (bicyclic) bond motifs is 3. The Morgan fingerprint density at radius 1 is 0.926 bits per heavy atom. The second-order valence-corrected chi connectivity index (χ2v) is 7.72. The standard InChI is InChI=1S/C23H22N2O2/c1-15(16-7-3-2-4-8-16)25-18-12-11-17(13-18)21(25)14-24-22(26)19-9-5-6-10-20(19)23(24)27/h2-12,15,17-18,21H,13-14H2,1H3/t15-,17+,18-,21-/m0/s1. The summed E-state index contributed by atoms with van der Waals surface area (Å²) in [7, 11) is 0. The summed E-state index contributed by atoms with van der Waals surface area (Å²) in [6.07, 6.45) is 5.62. The fourth-order valence-corrected chi connectivity index (χ4v) is 4.98. The molecule has 0 saturated carbocycles. The van der Waals surface area contributed by atoms with E-state index in [0.717, 1.165) is 6.42 Å². The van der Waals surface area contributed by atoms with E-state index in [9.17, 15) is 9.59 Å². The lowest BCUT2D eigenvalue weighted by molar-refractivity contribution is 0.0553. The number of imide groups is 1. The van der Waals surface area contributed by atoms with Crippen LogP contribution in [-0.4, -0.2) is 40.2 Å². The lowest BCUT2D eigenvalue weighted by atomic mass is 9.98. The molecule has 0 radical (unpaired) electrons. The molecule has 136 valence electrons. The largest absolute Gasteiger partial charge is 0.285 e. The van der Waals surface area contributed by atoms with Gasteiger partial charge in [0.2, 0.25) is 0 Å². The van der Waals surface area contributed by atoms with Gasteiger partial charge < -0.3 is 0 Å². The van der Waals surface area contributed by atoms with Crippen LogP contribution < -0.4 is 0 Å². The highest BCUT2D eigenvalue weighted by atomic mass is 16.2. The van der Waals surface area contributed by atoms with Crippen molar-refractivity contribution in [1.82, 2.24) is 9.80 Å². The van der Waals surface area contributed by atoms with E-state index in [1.54, 1.807) is 12.1 Å². The average molecular weight is 358 g/mol. The summed E-state index contributed by atoms with van der Waals surface area (Å²) < 4.78 is 0. The van der Waals surface area contributed by atoms with Gasteiger partial charge in [0.25, 0.3) is 11.8 Å². The van der Waals surface area contributed by atoms with Crippen LogP contribution in [0.25, 0.3) is 0 Å². The summed E-state index contributed by atoms with van der Waals surface area (Å²) in [5, 5.41) is 0. The molecule has 2 aromatic rings. The second-order valence-electron chi connectivity index (χ2n) is 7.72. The van der Waals surface area contributed by atoms with E-state index >= 15 is 0 Å². The first-order chi connectivity index (χ1) is 13.1. The van der Waals surface area contributed by atoms with Crippen molar-refractivity contribution in [2.24, 2.45) is 5.92 Å². The van der Waals surface area contributed by atoms with Gasteiger partial charge >= 0.3 is 0 Å². The smallest absolute Gasteiger partial charge is 0.261 e. The molecule has 2 heterocycles. The number of likely N-dealkylation sites (tertiary alicyclic amines) is 1. The van der Waals surface area contributed by atoms with E-state index in [4.69, 9.17) is 0 Å². The first-order valence-electron chi connectivity index (χ1n) is 9.61. The molecule has 4 heteroatoms. The number of carbonyl (C=O) groups excluding carboxylic acids is 2. The summed E-state index contributed by atoms with van der Waals surface area (Å²) in [6.45, 7) is 2.67. The number of benzene rings is 2. The topological polar surface area (TPSA) is 40.6 Å². The van der Waals surface area contributed by atoms with Crippen molar-refractivity contribution in [3.63, 3.8) is 0 Å². The van der Waals surface area contributed by atoms with Crippen LogP contribution in [0.3, 0.4) is 0 Å². The van der Waals surface area contributed by atoms with Crippen molar-refractivity contribution in [2.45, 2.75) is 31.5 Å². The molecule has 27 heavy (non-hydrogen) atoms. The summed E-state index contributed by atoms with van der Waals surface area (Å²) in [5.41, 5.74) is 2.33. The fraction of sp³-hybridized carbons (Fsp3) is 0.304. The first kappa shape index (κ1) is 16.5. The van der Waals surface area contributed by atoms with E-state index in [1.165, 1.54) is 10.5 Å². The molecule has 0 spiro atoms. The Morgan fingerprint density at radius 3 is 2.22 bits per heavy atom. The Bertz CT molecular complexity index is 901. The van der Waals surface area contributed by atoms with Gasteiger partial charge in [-0.2, -0.15) is 0 Å². The SMILES string of the molecule is C[C@@H](c1ccccc1)N1[C@H]2C=C[C@H](C2)[C@@H]1CN1C(=O)c2ccccc2C1=O. The minimum atomic E-state index is -0.158. The minimum absolute atomic E-state index is 0.158. The number of hydrogen-bond acceptors (Lipinski definition) is 3. The van der Waals surface area contributed by atoms with Gasteiger partial charge in [-0.25, -0.2) is 0 Å². The Kier molecular flexibility index (Phi) is 3.76. The number of nitrogens with zero attached hydrogens (tertiary/aromatic N) is 2. The van der Waals surface area contributed by atoms with Crippen LogP contribution >= 0.6 is 0 Å². The monoisotopic (exact) mass is 358 g/mol. The maximum atomic E-state index is 12.8. The summed E-state index contributed by atoms with van der Waals surface area (Å²) in [5.74, 6) is 0.0785. The summed E-state index contributed by atoms with van der Waals surface area (Å²) in [6, 6.07) is 18.4. The van der Waals surface area contributed by atoms with Gasteiger partial charge in [0, 0.05) is 24.7 Å². The van der Waals surface area contributed by atoms with E-state index in [0.29, 0.717) is 29.6 Å². The highest BCUT2D eigenvalue weighted by Crippen LogP contribution is 2.43. The summed E-state index contributed by atoms with van der Waals surface area (Å²) >= 11 is 0. The molecule has 2 bridgehead atoms. The van der Waals surface area contributed by atoms with Crippen molar-refractivity contribution in [1.29, 1.82) is 0 Å². The molecule has 5 rings (SSSR count). The highest BCUT2D eigenvalue weighted by Gasteiger charge is 2.47. The third-order valence-electron chi connectivity index (χ3n) is 6.33. The zero-order valence-electron chi connectivity index (χ0n) is 15.3. The van der Waals surface area contributed by atoms with Crippen molar-refractivity contribution >= 4 is 11.8 Å². The van der Waals surface area contributed by atoms with E-state index in [2.05, 4.69) is 48.2 Å². The highest BCUT2D eigenvalue weighted by molar-refractivity contribution is 6.21. The minimum Gasteiger partial charge on any atom is -0.285 e. The molecule has 0 N–H and O–H groups in total. The second kappa shape index (κ2) is 6.17.